The van der Waals surface area contributed by atoms with Gasteiger partial charge in [0.25, 0.3) is 5.92 Å². The largest absolute Gasteiger partial charge is 0.496 e. The molecule has 1 aliphatic rings. The van der Waals surface area contributed by atoms with E-state index in [1.807, 2.05) is 12.1 Å². The number of rotatable bonds is 11. The molecule has 0 heterocycles. The fourth-order valence-electron chi connectivity index (χ4n) is 4.44. The third-order valence-electron chi connectivity index (χ3n) is 6.61. The highest BCUT2D eigenvalue weighted by molar-refractivity contribution is 7.97. The monoisotopic (exact) mass is 545 g/mol. The van der Waals surface area contributed by atoms with E-state index in [-0.39, 0.29) is 17.6 Å². The van der Waals surface area contributed by atoms with Crippen LogP contribution in [0, 0.1) is 5.92 Å². The highest BCUT2D eigenvalue weighted by atomic mass is 35.5. The fraction of sp³-hybridized carbons (Fsp3) is 0.345. The highest BCUT2D eigenvalue weighted by Gasteiger charge is 2.42. The predicted octanol–water partition coefficient (Wildman–Crippen LogP) is 7.93. The number of hydrogen-bond donors (Lipinski definition) is 1. The molecule has 1 unspecified atom stereocenters. The van der Waals surface area contributed by atoms with Gasteiger partial charge in [0, 0.05) is 21.0 Å². The van der Waals surface area contributed by atoms with Gasteiger partial charge in [-0.05, 0) is 78.7 Å². The van der Waals surface area contributed by atoms with Crippen LogP contribution in [0.2, 0.25) is 5.02 Å². The van der Waals surface area contributed by atoms with Crippen LogP contribution in [0.15, 0.2) is 71.6 Å². The van der Waals surface area contributed by atoms with Gasteiger partial charge >= 0.3 is 0 Å². The predicted molar refractivity (Wildman–Crippen MR) is 145 cm³/mol. The lowest BCUT2D eigenvalue weighted by molar-refractivity contribution is -0.119. The van der Waals surface area contributed by atoms with E-state index in [0.29, 0.717) is 28.0 Å². The minimum atomic E-state index is -3.47. The van der Waals surface area contributed by atoms with Crippen molar-refractivity contribution >= 4 is 29.8 Å². The summed E-state index contributed by atoms with van der Waals surface area (Å²) in [5, 5.41) is 0.574. The van der Waals surface area contributed by atoms with Gasteiger partial charge in [-0.2, -0.15) is 8.78 Å². The van der Waals surface area contributed by atoms with Crippen LogP contribution < -0.4 is 14.2 Å². The van der Waals surface area contributed by atoms with E-state index < -0.39 is 12.0 Å². The van der Waals surface area contributed by atoms with Crippen molar-refractivity contribution in [2.75, 3.05) is 13.7 Å². The maximum absolute atomic E-state index is 15.4. The number of hydrogen-bond acceptors (Lipinski definition) is 5. The first-order valence-electron chi connectivity index (χ1n) is 12.3. The molecular formula is C29H30ClF2NO3S. The Morgan fingerprint density at radius 2 is 1.76 bits per heavy atom. The van der Waals surface area contributed by atoms with Crippen LogP contribution in [0.5, 0.6) is 11.5 Å². The first-order chi connectivity index (χ1) is 17.9. The first-order valence-corrected chi connectivity index (χ1v) is 13.5. The Bertz CT molecular complexity index is 1170. The maximum Gasteiger partial charge on any atom is 0.295 e. The van der Waals surface area contributed by atoms with E-state index in [9.17, 15) is 4.79 Å². The molecule has 0 aliphatic heterocycles. The average molecular weight is 546 g/mol. The molecule has 0 spiro atoms. The van der Waals surface area contributed by atoms with Crippen molar-refractivity contribution in [1.82, 2.24) is 4.72 Å². The molecule has 3 aromatic carbocycles. The molecule has 1 saturated carbocycles. The summed E-state index contributed by atoms with van der Waals surface area (Å²) in [5.41, 5.74) is 1.11. The number of methoxy groups -OCH3 is 1. The molecule has 0 saturated heterocycles. The first kappa shape index (κ1) is 27.4. The molecule has 4 nitrogen and oxygen atoms in total. The normalized spacial score (nSPS) is 15.2. The van der Waals surface area contributed by atoms with Gasteiger partial charge in [0.05, 0.1) is 13.7 Å². The van der Waals surface area contributed by atoms with Crippen LogP contribution in [-0.4, -0.2) is 26.0 Å². The van der Waals surface area contributed by atoms with Crippen LogP contribution in [0.1, 0.15) is 37.7 Å². The molecule has 37 heavy (non-hydrogen) atoms. The van der Waals surface area contributed by atoms with Crippen LogP contribution in [-0.2, 0) is 10.7 Å². The van der Waals surface area contributed by atoms with E-state index in [4.69, 9.17) is 21.1 Å². The molecule has 1 atom stereocenters. The quantitative estimate of drug-likeness (QED) is 0.196. The van der Waals surface area contributed by atoms with E-state index in [1.165, 1.54) is 51.3 Å². The number of benzene rings is 3. The van der Waals surface area contributed by atoms with Gasteiger partial charge in [0.15, 0.2) is 0 Å². The summed E-state index contributed by atoms with van der Waals surface area (Å²) < 4.78 is 44.6. The van der Waals surface area contributed by atoms with Gasteiger partial charge in [-0.25, -0.2) is 4.72 Å². The Hall–Kier alpha value is -2.61. The number of halogens is 3. The molecule has 0 radical (unpaired) electrons. The molecule has 0 bridgehead atoms. The zero-order valence-corrected chi connectivity index (χ0v) is 22.2. The Morgan fingerprint density at radius 3 is 2.41 bits per heavy atom. The Morgan fingerprint density at radius 1 is 1.05 bits per heavy atom. The molecule has 1 N–H and O–H groups in total. The minimum absolute atomic E-state index is 0.230. The fourth-order valence-corrected chi connectivity index (χ4v) is 5.30. The van der Waals surface area contributed by atoms with Crippen molar-refractivity contribution in [3.05, 3.63) is 77.3 Å². The molecule has 0 amide bonds. The molecule has 3 aromatic rings. The third-order valence-corrected chi connectivity index (χ3v) is 7.74. The summed E-state index contributed by atoms with van der Waals surface area (Å²) in [6, 6.07) is 16.6. The van der Waals surface area contributed by atoms with Crippen LogP contribution >= 0.6 is 23.5 Å². The molecule has 8 heteroatoms. The molecular weight excluding hydrogens is 516 g/mol. The number of nitrogens with one attached hydrogen (secondary N) is 1. The second-order valence-corrected chi connectivity index (χ2v) is 10.5. The average Bonchev–Trinajstić information content (AvgIpc) is 2.93. The number of alkyl halides is 2. The van der Waals surface area contributed by atoms with Crippen molar-refractivity contribution in [3.8, 4) is 22.6 Å². The lowest BCUT2D eigenvalue weighted by Crippen LogP contribution is -2.41. The third kappa shape index (κ3) is 7.03. The molecule has 1 fully saturated rings. The van der Waals surface area contributed by atoms with Gasteiger partial charge in [-0.1, -0.05) is 55.1 Å². The summed E-state index contributed by atoms with van der Waals surface area (Å²) in [4.78, 5) is 12.4. The number of carbonyl (C=O) groups excluding carboxylic acids is 1. The second kappa shape index (κ2) is 12.8. The Kier molecular flexibility index (Phi) is 9.46. The van der Waals surface area contributed by atoms with Gasteiger partial charge < -0.3 is 14.3 Å². The number of ether oxygens (including phenoxy) is 2. The van der Waals surface area contributed by atoms with Crippen molar-refractivity contribution in [1.29, 1.82) is 0 Å². The lowest BCUT2D eigenvalue weighted by Gasteiger charge is -2.24. The summed E-state index contributed by atoms with van der Waals surface area (Å²) in [6.45, 7) is 0.699. The Labute approximate surface area is 225 Å². The number of carbonyl (C=O) groups is 1. The second-order valence-electron chi connectivity index (χ2n) is 9.17. The molecule has 196 valence electrons. The highest BCUT2D eigenvalue weighted by Crippen LogP contribution is 2.39. The number of aldehydes is 1. The van der Waals surface area contributed by atoms with Crippen molar-refractivity contribution in [2.24, 2.45) is 5.92 Å². The zero-order valence-electron chi connectivity index (χ0n) is 20.6. The van der Waals surface area contributed by atoms with E-state index in [0.717, 1.165) is 23.3 Å². The van der Waals surface area contributed by atoms with Crippen molar-refractivity contribution < 1.29 is 23.0 Å². The lowest BCUT2D eigenvalue weighted by atomic mass is 9.90. The minimum Gasteiger partial charge on any atom is -0.496 e. The van der Waals surface area contributed by atoms with Crippen LogP contribution in [0.4, 0.5) is 8.78 Å². The van der Waals surface area contributed by atoms with Gasteiger partial charge in [0.2, 0.25) is 0 Å². The van der Waals surface area contributed by atoms with Crippen molar-refractivity contribution in [2.45, 2.75) is 49.0 Å². The van der Waals surface area contributed by atoms with Crippen LogP contribution in [0.3, 0.4) is 0 Å². The maximum atomic E-state index is 15.4. The van der Waals surface area contributed by atoms with E-state index in [1.54, 1.807) is 42.5 Å². The standard InChI is InChI=1S/C29H30ClF2NO3S/c1-35-27-17-22(9-16-26(27)21-7-10-23(30)11-8-21)29(31,32)28(18-34)33-37-25-14-12-24(13-15-25)36-19-20-5-3-2-4-6-20/h7-18,20,28,33H,2-6,19H2,1H3. The van der Waals surface area contributed by atoms with Crippen LogP contribution in [0.25, 0.3) is 11.1 Å². The van der Waals surface area contributed by atoms with E-state index >= 15 is 8.78 Å². The Balaban J connectivity index is 1.39. The zero-order chi connectivity index (χ0) is 26.3. The molecule has 0 aromatic heterocycles. The van der Waals surface area contributed by atoms with Gasteiger partial charge in [-0.15, -0.1) is 0 Å². The van der Waals surface area contributed by atoms with Gasteiger partial charge in [0.1, 0.15) is 23.8 Å². The summed E-state index contributed by atoms with van der Waals surface area (Å²) >= 11 is 6.94. The van der Waals surface area contributed by atoms with Crippen molar-refractivity contribution in [3.63, 3.8) is 0 Å². The summed E-state index contributed by atoms with van der Waals surface area (Å²) in [5.74, 6) is -1.84. The topological polar surface area (TPSA) is 47.6 Å². The molecule has 1 aliphatic carbocycles. The summed E-state index contributed by atoms with van der Waals surface area (Å²) in [7, 11) is 1.42. The SMILES string of the molecule is COc1cc(C(F)(F)C(C=O)NSc2ccc(OCC3CCCCC3)cc2)ccc1-c1ccc(Cl)cc1. The smallest absolute Gasteiger partial charge is 0.295 e. The van der Waals surface area contributed by atoms with Gasteiger partial charge in [-0.3, -0.25) is 0 Å². The molecule has 4 rings (SSSR count). The van der Waals surface area contributed by atoms with E-state index in [2.05, 4.69) is 4.72 Å². The summed E-state index contributed by atoms with van der Waals surface area (Å²) in [6.07, 6.45) is 6.46.